The number of hydrogen-bond acceptors (Lipinski definition) is 5. The van der Waals surface area contributed by atoms with Crippen molar-refractivity contribution < 1.29 is 14.5 Å². The molecular formula is C14H14N2O4S. The van der Waals surface area contributed by atoms with Crippen molar-refractivity contribution in [1.82, 2.24) is 4.90 Å². The van der Waals surface area contributed by atoms with Crippen molar-refractivity contribution in [2.75, 3.05) is 14.2 Å². The van der Waals surface area contributed by atoms with Crippen molar-refractivity contribution in [2.24, 2.45) is 0 Å². The molecule has 0 fully saturated rings. The van der Waals surface area contributed by atoms with E-state index in [1.807, 2.05) is 16.8 Å². The molecule has 21 heavy (non-hydrogen) atoms. The Kier molecular flexibility index (Phi) is 4.54. The maximum atomic E-state index is 12.5. The molecule has 0 spiro atoms. The number of non-ortho nitro benzene ring substituents is 1. The summed E-state index contributed by atoms with van der Waals surface area (Å²) in [5.74, 6) is 0.00418. The maximum Gasteiger partial charge on any atom is 0.270 e. The van der Waals surface area contributed by atoms with Crippen LogP contribution in [0.2, 0.25) is 0 Å². The van der Waals surface area contributed by atoms with E-state index in [0.29, 0.717) is 12.3 Å². The molecule has 1 amide bonds. The van der Waals surface area contributed by atoms with Gasteiger partial charge in [-0.05, 0) is 28.5 Å². The van der Waals surface area contributed by atoms with Gasteiger partial charge in [-0.15, -0.1) is 0 Å². The summed E-state index contributed by atoms with van der Waals surface area (Å²) in [6.45, 7) is 0.439. The minimum atomic E-state index is -0.533. The van der Waals surface area contributed by atoms with Gasteiger partial charge in [0.05, 0.1) is 17.6 Å². The number of nitro benzene ring substituents is 1. The van der Waals surface area contributed by atoms with E-state index in [1.165, 1.54) is 30.2 Å². The second-order valence-electron chi connectivity index (χ2n) is 4.43. The fourth-order valence-corrected chi connectivity index (χ4v) is 2.57. The van der Waals surface area contributed by atoms with E-state index in [-0.39, 0.29) is 17.2 Å². The molecule has 1 aromatic heterocycles. The number of rotatable bonds is 5. The van der Waals surface area contributed by atoms with Crippen LogP contribution >= 0.6 is 11.3 Å². The molecule has 1 aromatic carbocycles. The Bertz CT molecular complexity index is 655. The second kappa shape index (κ2) is 6.36. The Morgan fingerprint density at radius 3 is 2.76 bits per heavy atom. The number of hydrogen-bond donors (Lipinski definition) is 0. The van der Waals surface area contributed by atoms with Crippen LogP contribution in [0.5, 0.6) is 5.75 Å². The second-order valence-corrected chi connectivity index (χ2v) is 5.21. The zero-order valence-corrected chi connectivity index (χ0v) is 12.4. The molecule has 2 aromatic rings. The Hall–Kier alpha value is -2.41. The summed E-state index contributed by atoms with van der Waals surface area (Å²) in [4.78, 5) is 24.3. The lowest BCUT2D eigenvalue weighted by Crippen LogP contribution is -2.26. The molecule has 0 aliphatic heterocycles. The zero-order chi connectivity index (χ0) is 15.4. The number of nitrogens with zero attached hydrogens (tertiary/aromatic N) is 2. The van der Waals surface area contributed by atoms with Gasteiger partial charge < -0.3 is 9.64 Å². The number of benzene rings is 1. The quantitative estimate of drug-likeness (QED) is 0.629. The van der Waals surface area contributed by atoms with Gasteiger partial charge in [0.2, 0.25) is 0 Å². The molecule has 0 bridgehead atoms. The number of ether oxygens (including phenoxy) is 1. The number of nitro groups is 1. The first-order valence-electron chi connectivity index (χ1n) is 6.12. The van der Waals surface area contributed by atoms with Crippen LogP contribution in [0.15, 0.2) is 35.0 Å². The molecule has 7 heteroatoms. The van der Waals surface area contributed by atoms with E-state index in [0.717, 1.165) is 5.56 Å². The van der Waals surface area contributed by atoms with Gasteiger partial charge >= 0.3 is 0 Å². The molecule has 0 N–H and O–H groups in total. The van der Waals surface area contributed by atoms with Crippen LogP contribution in [-0.2, 0) is 6.54 Å². The highest BCUT2D eigenvalue weighted by molar-refractivity contribution is 7.07. The summed E-state index contributed by atoms with van der Waals surface area (Å²) in [5.41, 5.74) is 1.06. The Labute approximate surface area is 125 Å². The van der Waals surface area contributed by atoms with Gasteiger partial charge in [-0.3, -0.25) is 14.9 Å². The highest BCUT2D eigenvalue weighted by atomic mass is 32.1. The zero-order valence-electron chi connectivity index (χ0n) is 11.6. The van der Waals surface area contributed by atoms with Crippen molar-refractivity contribution in [2.45, 2.75) is 6.54 Å². The Balaban J connectivity index is 2.28. The van der Waals surface area contributed by atoms with Gasteiger partial charge in [-0.2, -0.15) is 11.3 Å². The number of carbonyl (C=O) groups excluding carboxylic acids is 1. The molecule has 0 saturated carbocycles. The molecule has 0 unspecified atom stereocenters. The summed E-state index contributed by atoms with van der Waals surface area (Å²) in [6, 6.07) is 5.92. The highest BCUT2D eigenvalue weighted by Gasteiger charge is 2.20. The normalized spacial score (nSPS) is 10.2. The van der Waals surface area contributed by atoms with E-state index >= 15 is 0 Å². The summed E-state index contributed by atoms with van der Waals surface area (Å²) in [6.07, 6.45) is 0. The molecule has 0 saturated heterocycles. The first kappa shape index (κ1) is 15.0. The molecule has 0 aliphatic carbocycles. The molecular weight excluding hydrogens is 292 g/mol. The van der Waals surface area contributed by atoms with Gasteiger partial charge in [0.15, 0.2) is 0 Å². The monoisotopic (exact) mass is 306 g/mol. The van der Waals surface area contributed by atoms with Gasteiger partial charge in [0, 0.05) is 25.7 Å². The Morgan fingerprint density at radius 2 is 2.19 bits per heavy atom. The van der Waals surface area contributed by atoms with E-state index in [1.54, 1.807) is 18.4 Å². The highest BCUT2D eigenvalue weighted by Crippen LogP contribution is 2.25. The van der Waals surface area contributed by atoms with Crippen LogP contribution in [-0.4, -0.2) is 29.9 Å². The standard InChI is InChI=1S/C14H14N2O4S/c1-15(8-10-5-6-21-9-10)14(17)12-7-11(16(18)19)3-4-13(12)20-2/h3-7,9H,8H2,1-2H3. The molecule has 0 atom stereocenters. The van der Waals surface area contributed by atoms with Crippen LogP contribution in [0.1, 0.15) is 15.9 Å². The van der Waals surface area contributed by atoms with Crippen LogP contribution in [0.3, 0.4) is 0 Å². The largest absolute Gasteiger partial charge is 0.496 e. The van der Waals surface area contributed by atoms with Gasteiger partial charge in [-0.25, -0.2) is 0 Å². The summed E-state index contributed by atoms with van der Waals surface area (Å²) < 4.78 is 5.12. The van der Waals surface area contributed by atoms with Crippen LogP contribution < -0.4 is 4.74 Å². The van der Waals surface area contributed by atoms with Crippen molar-refractivity contribution in [3.8, 4) is 5.75 Å². The van der Waals surface area contributed by atoms with E-state index in [2.05, 4.69) is 0 Å². The van der Waals surface area contributed by atoms with E-state index < -0.39 is 4.92 Å². The first-order valence-corrected chi connectivity index (χ1v) is 7.06. The average molecular weight is 306 g/mol. The lowest BCUT2D eigenvalue weighted by atomic mass is 10.1. The number of amides is 1. The van der Waals surface area contributed by atoms with Crippen molar-refractivity contribution in [3.63, 3.8) is 0 Å². The van der Waals surface area contributed by atoms with Crippen molar-refractivity contribution in [3.05, 3.63) is 56.3 Å². The summed E-state index contributed by atoms with van der Waals surface area (Å²) >= 11 is 1.55. The molecule has 110 valence electrons. The predicted molar refractivity (Wildman–Crippen MR) is 79.8 cm³/mol. The lowest BCUT2D eigenvalue weighted by Gasteiger charge is -2.18. The number of thiophene rings is 1. The van der Waals surface area contributed by atoms with Gasteiger partial charge in [0.1, 0.15) is 5.75 Å². The van der Waals surface area contributed by atoms with Crippen molar-refractivity contribution in [1.29, 1.82) is 0 Å². The third-order valence-corrected chi connectivity index (χ3v) is 3.70. The third kappa shape index (κ3) is 3.38. The number of carbonyl (C=O) groups is 1. The summed E-state index contributed by atoms with van der Waals surface area (Å²) in [5, 5.41) is 14.7. The van der Waals surface area contributed by atoms with E-state index in [9.17, 15) is 14.9 Å². The maximum absolute atomic E-state index is 12.5. The predicted octanol–water partition coefficient (Wildman–Crippen LogP) is 2.94. The molecule has 0 aliphatic rings. The summed E-state index contributed by atoms with van der Waals surface area (Å²) in [7, 11) is 3.08. The smallest absolute Gasteiger partial charge is 0.270 e. The number of methoxy groups -OCH3 is 1. The fourth-order valence-electron chi connectivity index (χ4n) is 1.91. The lowest BCUT2D eigenvalue weighted by molar-refractivity contribution is -0.384. The van der Waals surface area contributed by atoms with Gasteiger partial charge in [-0.1, -0.05) is 0 Å². The topological polar surface area (TPSA) is 72.7 Å². The first-order chi connectivity index (χ1) is 10.0. The van der Waals surface area contributed by atoms with Crippen LogP contribution in [0.25, 0.3) is 0 Å². The average Bonchev–Trinajstić information content (AvgIpc) is 2.98. The minimum absolute atomic E-state index is 0.136. The molecule has 0 radical (unpaired) electrons. The molecule has 6 nitrogen and oxygen atoms in total. The molecule has 1 heterocycles. The fraction of sp³-hybridized carbons (Fsp3) is 0.214. The van der Waals surface area contributed by atoms with Crippen LogP contribution in [0, 0.1) is 10.1 Å². The minimum Gasteiger partial charge on any atom is -0.496 e. The Morgan fingerprint density at radius 1 is 1.43 bits per heavy atom. The SMILES string of the molecule is COc1ccc([N+](=O)[O-])cc1C(=O)N(C)Cc1ccsc1. The van der Waals surface area contributed by atoms with Gasteiger partial charge in [0.25, 0.3) is 11.6 Å². The molecule has 2 rings (SSSR count). The van der Waals surface area contributed by atoms with Crippen LogP contribution in [0.4, 0.5) is 5.69 Å². The third-order valence-electron chi connectivity index (χ3n) is 2.97. The van der Waals surface area contributed by atoms with E-state index in [4.69, 9.17) is 4.74 Å². The van der Waals surface area contributed by atoms with Crippen molar-refractivity contribution >= 4 is 22.9 Å².